The van der Waals surface area contributed by atoms with Crippen LogP contribution in [0.25, 0.3) is 12.2 Å². The van der Waals surface area contributed by atoms with E-state index in [9.17, 15) is 0 Å². The topological polar surface area (TPSA) is 15.8 Å². The fraction of sp³-hybridized carbons (Fsp3) is 0.0909. The van der Waals surface area contributed by atoms with Gasteiger partial charge in [-0.3, -0.25) is 0 Å². The highest BCUT2D eigenvalue weighted by atomic mass is 14.6. The van der Waals surface area contributed by atoms with Crippen molar-refractivity contribution in [2.45, 2.75) is 6.92 Å². The van der Waals surface area contributed by atoms with Gasteiger partial charge in [0.1, 0.15) is 0 Å². The van der Waals surface area contributed by atoms with E-state index in [4.69, 9.17) is 0 Å². The summed E-state index contributed by atoms with van der Waals surface area (Å²) in [6.45, 7) is 2.10. The minimum atomic E-state index is 1.18. The molecule has 1 heterocycles. The smallest absolute Gasteiger partial charge is 0.0453 e. The molecule has 1 heteroatoms. The molecule has 1 aliphatic rings. The lowest BCUT2D eigenvalue weighted by Crippen LogP contribution is -2.21. The summed E-state index contributed by atoms with van der Waals surface area (Å²) in [5.41, 5.74) is 1.28. The SMILES string of the molecule is CC1=C/C=C/C=c2\[nH]ccc2=C1. The van der Waals surface area contributed by atoms with Crippen molar-refractivity contribution in [2.75, 3.05) is 0 Å². The average Bonchev–Trinajstić information content (AvgIpc) is 2.42. The van der Waals surface area contributed by atoms with Crippen LogP contribution in [0.2, 0.25) is 0 Å². The number of fused-ring (bicyclic) bond motifs is 1. The van der Waals surface area contributed by atoms with E-state index in [1.807, 2.05) is 12.3 Å². The quantitative estimate of drug-likeness (QED) is 0.580. The Labute approximate surface area is 71.4 Å². The maximum absolute atomic E-state index is 3.18. The van der Waals surface area contributed by atoms with Crippen LogP contribution < -0.4 is 10.6 Å². The first kappa shape index (κ1) is 7.17. The molecule has 0 aliphatic heterocycles. The molecular weight excluding hydrogens is 146 g/mol. The van der Waals surface area contributed by atoms with E-state index < -0.39 is 0 Å². The van der Waals surface area contributed by atoms with Gasteiger partial charge in [0.05, 0.1) is 0 Å². The Balaban J connectivity index is 2.78. The Morgan fingerprint density at radius 2 is 2.00 bits per heavy atom. The second kappa shape index (κ2) is 2.86. The van der Waals surface area contributed by atoms with E-state index in [1.165, 1.54) is 16.1 Å². The van der Waals surface area contributed by atoms with Crippen LogP contribution in [0.3, 0.4) is 0 Å². The summed E-state index contributed by atoms with van der Waals surface area (Å²) in [6.07, 6.45) is 12.4. The molecule has 0 saturated heterocycles. The summed E-state index contributed by atoms with van der Waals surface area (Å²) in [7, 11) is 0. The average molecular weight is 157 g/mol. The Bertz CT molecular complexity index is 444. The van der Waals surface area contributed by atoms with Crippen molar-refractivity contribution in [1.82, 2.24) is 4.98 Å². The molecule has 60 valence electrons. The zero-order valence-corrected chi connectivity index (χ0v) is 7.04. The Morgan fingerprint density at radius 1 is 1.17 bits per heavy atom. The normalized spacial score (nSPS) is 20.4. The molecule has 1 aromatic rings. The van der Waals surface area contributed by atoms with Crippen molar-refractivity contribution in [2.24, 2.45) is 0 Å². The number of hydrogen-bond acceptors (Lipinski definition) is 0. The van der Waals surface area contributed by atoms with Crippen molar-refractivity contribution in [3.63, 3.8) is 0 Å². The second-order valence-corrected chi connectivity index (χ2v) is 2.95. The largest absolute Gasteiger partial charge is 0.361 e. The van der Waals surface area contributed by atoms with Crippen LogP contribution in [0, 0.1) is 0 Å². The Morgan fingerprint density at radius 3 is 2.92 bits per heavy atom. The molecule has 1 N–H and O–H groups in total. The van der Waals surface area contributed by atoms with Crippen molar-refractivity contribution in [3.05, 3.63) is 46.6 Å². The molecule has 0 amide bonds. The van der Waals surface area contributed by atoms with Gasteiger partial charge in [-0.1, -0.05) is 23.8 Å². The van der Waals surface area contributed by atoms with Gasteiger partial charge in [0.15, 0.2) is 0 Å². The first-order chi connectivity index (χ1) is 5.86. The van der Waals surface area contributed by atoms with Gasteiger partial charge in [0.25, 0.3) is 0 Å². The second-order valence-electron chi connectivity index (χ2n) is 2.95. The number of aromatic amines is 1. The third-order valence-electron chi connectivity index (χ3n) is 1.93. The van der Waals surface area contributed by atoms with Gasteiger partial charge in [-0.05, 0) is 30.4 Å². The zero-order valence-electron chi connectivity index (χ0n) is 7.04. The van der Waals surface area contributed by atoms with Gasteiger partial charge in [0, 0.05) is 11.5 Å². The first-order valence-electron chi connectivity index (χ1n) is 4.07. The molecule has 1 aromatic heterocycles. The van der Waals surface area contributed by atoms with Gasteiger partial charge < -0.3 is 4.98 Å². The highest BCUT2D eigenvalue weighted by molar-refractivity contribution is 5.51. The number of aromatic nitrogens is 1. The van der Waals surface area contributed by atoms with Crippen LogP contribution in [0.4, 0.5) is 0 Å². The number of hydrogen-bond donors (Lipinski definition) is 1. The highest BCUT2D eigenvalue weighted by Crippen LogP contribution is 1.95. The van der Waals surface area contributed by atoms with E-state index in [-0.39, 0.29) is 0 Å². The fourth-order valence-corrected chi connectivity index (χ4v) is 1.32. The van der Waals surface area contributed by atoms with Gasteiger partial charge in [-0.25, -0.2) is 0 Å². The van der Waals surface area contributed by atoms with Gasteiger partial charge in [0.2, 0.25) is 0 Å². The summed E-state index contributed by atoms with van der Waals surface area (Å²) < 4.78 is 0. The molecule has 0 atom stereocenters. The lowest BCUT2D eigenvalue weighted by Gasteiger charge is -1.89. The number of nitrogens with one attached hydrogen (secondary N) is 1. The fourth-order valence-electron chi connectivity index (χ4n) is 1.32. The molecule has 1 aliphatic carbocycles. The molecule has 12 heavy (non-hydrogen) atoms. The molecule has 0 radical (unpaired) electrons. The summed E-state index contributed by atoms with van der Waals surface area (Å²) in [5, 5.41) is 2.44. The highest BCUT2D eigenvalue weighted by Gasteiger charge is 1.87. The van der Waals surface area contributed by atoms with Crippen molar-refractivity contribution in [1.29, 1.82) is 0 Å². The third-order valence-corrected chi connectivity index (χ3v) is 1.93. The molecule has 0 spiro atoms. The summed E-state index contributed by atoms with van der Waals surface area (Å²) in [6, 6.07) is 2.09. The maximum Gasteiger partial charge on any atom is 0.0453 e. The molecule has 1 nitrogen and oxygen atoms in total. The van der Waals surface area contributed by atoms with E-state index in [1.54, 1.807) is 0 Å². The summed E-state index contributed by atoms with van der Waals surface area (Å²) >= 11 is 0. The van der Waals surface area contributed by atoms with E-state index >= 15 is 0 Å². The molecule has 0 bridgehead atoms. The van der Waals surface area contributed by atoms with Crippen molar-refractivity contribution >= 4 is 12.2 Å². The van der Waals surface area contributed by atoms with E-state index in [2.05, 4.69) is 42.3 Å². The first-order valence-corrected chi connectivity index (χ1v) is 4.07. The summed E-state index contributed by atoms with van der Waals surface area (Å²) in [4.78, 5) is 3.18. The van der Waals surface area contributed by atoms with Gasteiger partial charge in [-0.15, -0.1) is 0 Å². The molecule has 0 saturated carbocycles. The number of rotatable bonds is 0. The Kier molecular flexibility index (Phi) is 1.71. The number of H-pyrrole nitrogens is 1. The van der Waals surface area contributed by atoms with Crippen molar-refractivity contribution in [3.8, 4) is 0 Å². The lowest BCUT2D eigenvalue weighted by atomic mass is 10.2. The van der Waals surface area contributed by atoms with E-state index in [0.717, 1.165) is 0 Å². The van der Waals surface area contributed by atoms with Gasteiger partial charge in [-0.2, -0.15) is 0 Å². The third kappa shape index (κ3) is 1.26. The van der Waals surface area contributed by atoms with Gasteiger partial charge >= 0.3 is 0 Å². The zero-order chi connectivity index (χ0) is 8.39. The van der Waals surface area contributed by atoms with E-state index in [0.29, 0.717) is 0 Å². The van der Waals surface area contributed by atoms with Crippen LogP contribution >= 0.6 is 0 Å². The Hall–Kier alpha value is -1.50. The van der Waals surface area contributed by atoms with Crippen LogP contribution in [0.5, 0.6) is 0 Å². The molecule has 0 aromatic carbocycles. The number of allylic oxidation sites excluding steroid dienone is 4. The monoisotopic (exact) mass is 157 g/mol. The van der Waals surface area contributed by atoms with Crippen LogP contribution in [-0.2, 0) is 0 Å². The molecule has 0 unspecified atom stereocenters. The predicted molar refractivity (Wildman–Crippen MR) is 51.9 cm³/mol. The lowest BCUT2D eigenvalue weighted by molar-refractivity contribution is 1.31. The summed E-state index contributed by atoms with van der Waals surface area (Å²) in [5.74, 6) is 0. The minimum absolute atomic E-state index is 1.18. The molecular formula is C11H11N. The molecule has 2 rings (SSSR count). The molecule has 0 fully saturated rings. The van der Waals surface area contributed by atoms with Crippen LogP contribution in [0.1, 0.15) is 6.92 Å². The van der Waals surface area contributed by atoms with Crippen LogP contribution in [-0.4, -0.2) is 4.98 Å². The standard InChI is InChI=1S/C11H11N/c1-9-4-2-3-5-11-10(8-9)6-7-12-11/h2-8,12H,1H3/b3-2+,4-2?,5-3?,9-4?,9-8?,10-8?,11-5-. The van der Waals surface area contributed by atoms with Crippen LogP contribution in [0.15, 0.2) is 36.1 Å². The minimum Gasteiger partial charge on any atom is -0.361 e. The predicted octanol–water partition coefficient (Wildman–Crippen LogP) is 1.09. The van der Waals surface area contributed by atoms with Crippen molar-refractivity contribution < 1.29 is 0 Å². The maximum atomic E-state index is 3.18.